The van der Waals surface area contributed by atoms with E-state index in [1.165, 1.54) is 5.56 Å². The van der Waals surface area contributed by atoms with Crippen molar-refractivity contribution in [3.63, 3.8) is 0 Å². The minimum absolute atomic E-state index is 0.229. The molecular formula is C10H15OP. The summed E-state index contributed by atoms with van der Waals surface area (Å²) in [5.41, 5.74) is 1.26. The summed E-state index contributed by atoms with van der Waals surface area (Å²) in [6, 6.07) is 8.12. The number of aryl methyl sites for hydroxylation is 1. The third-order valence-corrected chi connectivity index (χ3v) is 2.32. The summed E-state index contributed by atoms with van der Waals surface area (Å²) in [5, 5.41) is 0. The van der Waals surface area contributed by atoms with Gasteiger partial charge < -0.3 is 4.74 Å². The summed E-state index contributed by atoms with van der Waals surface area (Å²) < 4.78 is 5.58. The normalized spacial score (nSPS) is 12.6. The monoisotopic (exact) mass is 182 g/mol. The van der Waals surface area contributed by atoms with Gasteiger partial charge in [-0.1, -0.05) is 33.9 Å². The molecule has 0 radical (unpaired) electrons. The molecule has 0 aliphatic carbocycles. The van der Waals surface area contributed by atoms with Crippen LogP contribution in [0.5, 0.6) is 5.75 Å². The molecule has 2 atom stereocenters. The molecule has 0 fully saturated rings. The highest BCUT2D eigenvalue weighted by Crippen LogP contribution is 2.16. The summed E-state index contributed by atoms with van der Waals surface area (Å²) in [7, 11) is 2.67. The zero-order valence-electron chi connectivity index (χ0n) is 7.58. The average molecular weight is 182 g/mol. The molecule has 12 heavy (non-hydrogen) atoms. The topological polar surface area (TPSA) is 9.23 Å². The number of hydrogen-bond donors (Lipinski definition) is 0. The molecule has 0 N–H and O–H groups in total. The van der Waals surface area contributed by atoms with Gasteiger partial charge in [0.2, 0.25) is 0 Å². The lowest BCUT2D eigenvalue weighted by Crippen LogP contribution is -2.05. The molecule has 66 valence electrons. The highest BCUT2D eigenvalue weighted by Gasteiger charge is 1.99. The zero-order valence-corrected chi connectivity index (χ0v) is 8.73. The van der Waals surface area contributed by atoms with Crippen molar-refractivity contribution in [2.24, 2.45) is 0 Å². The second kappa shape index (κ2) is 4.47. The first-order chi connectivity index (χ1) is 5.72. The van der Waals surface area contributed by atoms with Crippen molar-refractivity contribution in [1.82, 2.24) is 0 Å². The molecule has 0 aromatic heterocycles. The maximum Gasteiger partial charge on any atom is 0.120 e. The van der Waals surface area contributed by atoms with Crippen LogP contribution in [0.4, 0.5) is 0 Å². The van der Waals surface area contributed by atoms with Crippen molar-refractivity contribution in [1.29, 1.82) is 0 Å². The van der Waals surface area contributed by atoms with Gasteiger partial charge in [-0.05, 0) is 25.5 Å². The van der Waals surface area contributed by atoms with E-state index < -0.39 is 0 Å². The van der Waals surface area contributed by atoms with E-state index in [-0.39, 0.29) is 5.85 Å². The standard InChI is InChI=1S/C10H15OP/c1-3-10(12)11-9-6-4-8(2)5-7-9/h4-7,10H,3,12H2,1-2H3. The minimum Gasteiger partial charge on any atom is -0.487 e. The van der Waals surface area contributed by atoms with Crippen LogP contribution < -0.4 is 4.74 Å². The van der Waals surface area contributed by atoms with Crippen molar-refractivity contribution in [2.45, 2.75) is 26.1 Å². The Balaban J connectivity index is 2.58. The Bertz CT molecular complexity index is 230. The lowest BCUT2D eigenvalue weighted by molar-refractivity contribution is 0.283. The Hall–Kier alpha value is -0.550. The van der Waals surface area contributed by atoms with Gasteiger partial charge in [0.25, 0.3) is 0 Å². The van der Waals surface area contributed by atoms with E-state index in [2.05, 4.69) is 35.2 Å². The fourth-order valence-corrected chi connectivity index (χ4v) is 1.03. The first-order valence-corrected chi connectivity index (χ1v) is 4.88. The Kier molecular flexibility index (Phi) is 3.55. The van der Waals surface area contributed by atoms with E-state index in [1.807, 2.05) is 12.1 Å². The second-order valence-corrected chi connectivity index (χ2v) is 3.62. The van der Waals surface area contributed by atoms with E-state index >= 15 is 0 Å². The smallest absolute Gasteiger partial charge is 0.120 e. The number of hydrogen-bond acceptors (Lipinski definition) is 1. The molecule has 1 aromatic carbocycles. The number of rotatable bonds is 3. The average Bonchev–Trinajstić information content (AvgIpc) is 2.09. The van der Waals surface area contributed by atoms with Crippen molar-refractivity contribution >= 4 is 9.24 Å². The fourth-order valence-electron chi connectivity index (χ4n) is 0.875. The Morgan fingerprint density at radius 3 is 2.42 bits per heavy atom. The van der Waals surface area contributed by atoms with Crippen LogP contribution in [0, 0.1) is 6.92 Å². The van der Waals surface area contributed by atoms with Gasteiger partial charge in [-0.25, -0.2) is 0 Å². The zero-order chi connectivity index (χ0) is 8.97. The van der Waals surface area contributed by atoms with Gasteiger partial charge in [-0.2, -0.15) is 0 Å². The molecule has 0 aliphatic rings. The fraction of sp³-hybridized carbons (Fsp3) is 0.400. The van der Waals surface area contributed by atoms with Crippen LogP contribution in [0.3, 0.4) is 0 Å². The first-order valence-electron chi connectivity index (χ1n) is 4.21. The predicted octanol–water partition coefficient (Wildman–Crippen LogP) is 2.99. The Morgan fingerprint density at radius 1 is 1.33 bits per heavy atom. The van der Waals surface area contributed by atoms with Gasteiger partial charge in [0.1, 0.15) is 11.6 Å². The summed E-state index contributed by atoms with van der Waals surface area (Å²) in [6.07, 6.45) is 1.01. The lowest BCUT2D eigenvalue weighted by atomic mass is 10.2. The minimum atomic E-state index is 0.229. The Morgan fingerprint density at radius 2 is 1.92 bits per heavy atom. The molecule has 2 heteroatoms. The summed E-state index contributed by atoms with van der Waals surface area (Å²) in [6.45, 7) is 4.17. The highest BCUT2D eigenvalue weighted by atomic mass is 31.0. The van der Waals surface area contributed by atoms with Crippen LogP contribution >= 0.6 is 9.24 Å². The second-order valence-electron chi connectivity index (χ2n) is 2.88. The molecular weight excluding hydrogens is 167 g/mol. The van der Waals surface area contributed by atoms with Crippen LogP contribution in [0.15, 0.2) is 24.3 Å². The first kappa shape index (κ1) is 9.54. The number of benzene rings is 1. The predicted molar refractivity (Wildman–Crippen MR) is 55.6 cm³/mol. The van der Waals surface area contributed by atoms with Crippen molar-refractivity contribution in [3.05, 3.63) is 29.8 Å². The van der Waals surface area contributed by atoms with Crippen molar-refractivity contribution in [3.8, 4) is 5.75 Å². The summed E-state index contributed by atoms with van der Waals surface area (Å²) in [4.78, 5) is 0. The quantitative estimate of drug-likeness (QED) is 0.653. The van der Waals surface area contributed by atoms with Crippen LogP contribution in [0.1, 0.15) is 18.9 Å². The molecule has 1 aromatic rings. The van der Waals surface area contributed by atoms with Gasteiger partial charge >= 0.3 is 0 Å². The van der Waals surface area contributed by atoms with E-state index in [0.29, 0.717) is 0 Å². The molecule has 0 saturated carbocycles. The molecule has 0 saturated heterocycles. The molecule has 0 spiro atoms. The third kappa shape index (κ3) is 2.83. The van der Waals surface area contributed by atoms with Gasteiger partial charge in [0.15, 0.2) is 0 Å². The molecule has 0 bridgehead atoms. The van der Waals surface area contributed by atoms with E-state index in [0.717, 1.165) is 12.2 Å². The van der Waals surface area contributed by atoms with E-state index in [4.69, 9.17) is 4.74 Å². The molecule has 0 aliphatic heterocycles. The van der Waals surface area contributed by atoms with Crippen molar-refractivity contribution < 1.29 is 4.74 Å². The lowest BCUT2D eigenvalue weighted by Gasteiger charge is -2.11. The largest absolute Gasteiger partial charge is 0.487 e. The van der Waals surface area contributed by atoms with Crippen LogP contribution in [0.25, 0.3) is 0 Å². The van der Waals surface area contributed by atoms with Crippen LogP contribution in [0.2, 0.25) is 0 Å². The number of ether oxygens (including phenoxy) is 1. The highest BCUT2D eigenvalue weighted by molar-refractivity contribution is 7.17. The Labute approximate surface area is 76.3 Å². The molecule has 0 heterocycles. The van der Waals surface area contributed by atoms with Gasteiger partial charge in [-0.3, -0.25) is 0 Å². The maximum absolute atomic E-state index is 5.58. The van der Waals surface area contributed by atoms with E-state index in [9.17, 15) is 0 Å². The van der Waals surface area contributed by atoms with Gasteiger partial charge in [0.05, 0.1) is 0 Å². The molecule has 1 nitrogen and oxygen atoms in total. The molecule has 0 amide bonds. The van der Waals surface area contributed by atoms with Crippen molar-refractivity contribution in [2.75, 3.05) is 0 Å². The van der Waals surface area contributed by atoms with Crippen LogP contribution in [-0.2, 0) is 0 Å². The summed E-state index contributed by atoms with van der Waals surface area (Å²) >= 11 is 0. The molecule has 1 rings (SSSR count). The van der Waals surface area contributed by atoms with Crippen LogP contribution in [-0.4, -0.2) is 5.85 Å². The molecule has 2 unspecified atom stereocenters. The SMILES string of the molecule is CCC(P)Oc1ccc(C)cc1. The van der Waals surface area contributed by atoms with Gasteiger partial charge in [0, 0.05) is 0 Å². The van der Waals surface area contributed by atoms with E-state index in [1.54, 1.807) is 0 Å². The summed E-state index contributed by atoms with van der Waals surface area (Å²) in [5.74, 6) is 1.18. The third-order valence-electron chi connectivity index (χ3n) is 1.71. The van der Waals surface area contributed by atoms with Gasteiger partial charge in [-0.15, -0.1) is 0 Å². The maximum atomic E-state index is 5.58.